The lowest BCUT2D eigenvalue weighted by Crippen LogP contribution is -2.25. The number of aryl methyl sites for hydroxylation is 1. The summed E-state index contributed by atoms with van der Waals surface area (Å²) in [7, 11) is 1.38. The molecular weight excluding hydrogens is 318 g/mol. The molecule has 0 spiro atoms. The van der Waals surface area contributed by atoms with Crippen LogP contribution in [0.1, 0.15) is 43.2 Å². The van der Waals surface area contributed by atoms with E-state index in [0.29, 0.717) is 45.1 Å². The van der Waals surface area contributed by atoms with Crippen LogP contribution in [0, 0.1) is 12.3 Å². The standard InChI is InChI=1S/C19H23N3O3/c1-3-4-12-19(21-22-19)13-11-17(23)20-14-16-8-6-5-7-15(16)9-10-18(24)25-2/h1,5-8H,4,9-14H2,2H3,(H,20,23). The molecule has 0 radical (unpaired) electrons. The van der Waals surface area contributed by atoms with Gasteiger partial charge >= 0.3 is 5.97 Å². The smallest absolute Gasteiger partial charge is 0.305 e. The quantitative estimate of drug-likeness (QED) is 0.525. The molecule has 0 bridgehead atoms. The molecule has 1 aliphatic rings. The van der Waals surface area contributed by atoms with E-state index in [1.165, 1.54) is 7.11 Å². The van der Waals surface area contributed by atoms with Gasteiger partial charge in [0.1, 0.15) is 0 Å². The second kappa shape index (κ2) is 8.97. The van der Waals surface area contributed by atoms with Gasteiger partial charge in [-0.1, -0.05) is 24.3 Å². The molecule has 1 aromatic rings. The van der Waals surface area contributed by atoms with Gasteiger partial charge < -0.3 is 10.1 Å². The van der Waals surface area contributed by atoms with E-state index >= 15 is 0 Å². The van der Waals surface area contributed by atoms with Gasteiger partial charge in [0, 0.05) is 38.6 Å². The van der Waals surface area contributed by atoms with Crippen LogP contribution in [0.15, 0.2) is 34.5 Å². The molecule has 0 fully saturated rings. The summed E-state index contributed by atoms with van der Waals surface area (Å²) >= 11 is 0. The van der Waals surface area contributed by atoms with Gasteiger partial charge in [0.15, 0.2) is 5.66 Å². The topological polar surface area (TPSA) is 80.1 Å². The highest BCUT2D eigenvalue weighted by Crippen LogP contribution is 2.37. The zero-order valence-corrected chi connectivity index (χ0v) is 14.5. The Labute approximate surface area is 148 Å². The Hall–Kier alpha value is -2.68. The molecule has 0 atom stereocenters. The van der Waals surface area contributed by atoms with Crippen LogP contribution < -0.4 is 5.32 Å². The number of nitrogens with one attached hydrogen (secondary N) is 1. The third-order valence-corrected chi connectivity index (χ3v) is 4.23. The van der Waals surface area contributed by atoms with E-state index in [4.69, 9.17) is 6.42 Å². The summed E-state index contributed by atoms with van der Waals surface area (Å²) in [5.74, 6) is 2.29. The Balaban J connectivity index is 1.78. The molecular formula is C19H23N3O3. The summed E-state index contributed by atoms with van der Waals surface area (Å²) in [4.78, 5) is 23.4. The van der Waals surface area contributed by atoms with Gasteiger partial charge in [0.2, 0.25) is 5.91 Å². The van der Waals surface area contributed by atoms with Crippen molar-refractivity contribution in [3.8, 4) is 12.3 Å². The Morgan fingerprint density at radius 2 is 1.92 bits per heavy atom. The van der Waals surface area contributed by atoms with E-state index < -0.39 is 5.66 Å². The maximum absolute atomic E-state index is 12.1. The molecule has 0 aliphatic carbocycles. The molecule has 0 aromatic heterocycles. The fourth-order valence-corrected chi connectivity index (χ4v) is 2.58. The zero-order chi connectivity index (χ0) is 18.1. The van der Waals surface area contributed by atoms with Gasteiger partial charge in [-0.25, -0.2) is 0 Å². The average molecular weight is 341 g/mol. The molecule has 0 saturated carbocycles. The molecule has 1 aromatic carbocycles. The predicted molar refractivity (Wildman–Crippen MR) is 93.5 cm³/mol. The van der Waals surface area contributed by atoms with Gasteiger partial charge in [0.25, 0.3) is 0 Å². The van der Waals surface area contributed by atoms with Crippen LogP contribution in [0.2, 0.25) is 0 Å². The number of methoxy groups -OCH3 is 1. The molecule has 1 N–H and O–H groups in total. The summed E-state index contributed by atoms with van der Waals surface area (Å²) in [5.41, 5.74) is 1.61. The van der Waals surface area contributed by atoms with Crippen molar-refractivity contribution in [3.63, 3.8) is 0 Å². The highest BCUT2D eigenvalue weighted by molar-refractivity contribution is 5.76. The Kier molecular flexibility index (Phi) is 6.70. The van der Waals surface area contributed by atoms with E-state index in [9.17, 15) is 9.59 Å². The van der Waals surface area contributed by atoms with Gasteiger partial charge in [-0.2, -0.15) is 10.2 Å². The molecule has 0 saturated heterocycles. The van der Waals surface area contributed by atoms with Crippen molar-refractivity contribution >= 4 is 11.9 Å². The lowest BCUT2D eigenvalue weighted by Gasteiger charge is -2.12. The molecule has 132 valence electrons. The number of benzene rings is 1. The first-order valence-corrected chi connectivity index (χ1v) is 8.36. The third-order valence-electron chi connectivity index (χ3n) is 4.23. The van der Waals surface area contributed by atoms with E-state index in [2.05, 4.69) is 26.2 Å². The molecule has 6 nitrogen and oxygen atoms in total. The maximum Gasteiger partial charge on any atom is 0.305 e. The minimum Gasteiger partial charge on any atom is -0.469 e. The number of rotatable bonds is 10. The second-order valence-corrected chi connectivity index (χ2v) is 6.01. The van der Waals surface area contributed by atoms with Gasteiger partial charge in [-0.15, -0.1) is 12.3 Å². The van der Waals surface area contributed by atoms with Crippen LogP contribution in [0.5, 0.6) is 0 Å². The van der Waals surface area contributed by atoms with Crippen molar-refractivity contribution in [3.05, 3.63) is 35.4 Å². The van der Waals surface area contributed by atoms with Crippen molar-refractivity contribution in [1.29, 1.82) is 0 Å². The molecule has 1 amide bonds. The minimum atomic E-state index is -0.428. The first kappa shape index (κ1) is 18.7. The van der Waals surface area contributed by atoms with Crippen molar-refractivity contribution in [2.45, 2.75) is 50.7 Å². The van der Waals surface area contributed by atoms with Gasteiger partial charge in [-0.3, -0.25) is 9.59 Å². The number of amides is 1. The third kappa shape index (κ3) is 6.03. The molecule has 0 unspecified atom stereocenters. The molecule has 25 heavy (non-hydrogen) atoms. The van der Waals surface area contributed by atoms with E-state index in [1.54, 1.807) is 0 Å². The zero-order valence-electron chi connectivity index (χ0n) is 14.5. The Morgan fingerprint density at radius 3 is 2.56 bits per heavy atom. The largest absolute Gasteiger partial charge is 0.469 e. The minimum absolute atomic E-state index is 0.0415. The van der Waals surface area contributed by atoms with Crippen LogP contribution in [0.25, 0.3) is 0 Å². The van der Waals surface area contributed by atoms with Crippen LogP contribution in [-0.4, -0.2) is 24.6 Å². The fourth-order valence-electron chi connectivity index (χ4n) is 2.58. The number of esters is 1. The van der Waals surface area contributed by atoms with Crippen LogP contribution in [0.4, 0.5) is 0 Å². The maximum atomic E-state index is 12.1. The number of carbonyl (C=O) groups is 2. The van der Waals surface area contributed by atoms with Crippen molar-refractivity contribution in [2.75, 3.05) is 7.11 Å². The predicted octanol–water partition coefficient (Wildman–Crippen LogP) is 2.76. The van der Waals surface area contributed by atoms with E-state index in [1.807, 2.05) is 24.3 Å². The van der Waals surface area contributed by atoms with Crippen molar-refractivity contribution < 1.29 is 14.3 Å². The summed E-state index contributed by atoms with van der Waals surface area (Å²) in [6.45, 7) is 0.432. The van der Waals surface area contributed by atoms with E-state index in [-0.39, 0.29) is 11.9 Å². The first-order chi connectivity index (χ1) is 12.1. The summed E-state index contributed by atoms with van der Waals surface area (Å²) in [6.07, 6.45) is 8.43. The number of ether oxygens (including phenoxy) is 1. The van der Waals surface area contributed by atoms with Crippen LogP contribution in [-0.2, 0) is 27.3 Å². The van der Waals surface area contributed by atoms with Gasteiger partial charge in [0.05, 0.1) is 7.11 Å². The number of carbonyl (C=O) groups excluding carboxylic acids is 2. The summed E-state index contributed by atoms with van der Waals surface area (Å²) in [5, 5.41) is 11.0. The Bertz CT molecular complexity index is 685. The van der Waals surface area contributed by atoms with Crippen molar-refractivity contribution in [2.24, 2.45) is 10.2 Å². The highest BCUT2D eigenvalue weighted by Gasteiger charge is 2.39. The Morgan fingerprint density at radius 1 is 1.20 bits per heavy atom. The normalized spacial score (nSPS) is 13.8. The van der Waals surface area contributed by atoms with Crippen LogP contribution in [0.3, 0.4) is 0 Å². The lowest BCUT2D eigenvalue weighted by molar-refractivity contribution is -0.140. The second-order valence-electron chi connectivity index (χ2n) is 6.01. The fraction of sp³-hybridized carbons (Fsp3) is 0.474. The first-order valence-electron chi connectivity index (χ1n) is 8.36. The molecule has 1 heterocycles. The number of hydrogen-bond acceptors (Lipinski definition) is 5. The highest BCUT2D eigenvalue weighted by atomic mass is 16.5. The molecule has 6 heteroatoms. The lowest BCUT2D eigenvalue weighted by atomic mass is 10.0. The number of terminal acetylenes is 1. The van der Waals surface area contributed by atoms with Crippen LogP contribution >= 0.6 is 0 Å². The van der Waals surface area contributed by atoms with E-state index in [0.717, 1.165) is 11.1 Å². The van der Waals surface area contributed by atoms with Crippen molar-refractivity contribution in [1.82, 2.24) is 5.32 Å². The summed E-state index contributed by atoms with van der Waals surface area (Å²) < 4.78 is 4.67. The average Bonchev–Trinajstić information content (AvgIpc) is 3.42. The molecule has 2 rings (SSSR count). The monoisotopic (exact) mass is 341 g/mol. The number of nitrogens with zero attached hydrogens (tertiary/aromatic N) is 2. The van der Waals surface area contributed by atoms with Gasteiger partial charge in [-0.05, 0) is 17.5 Å². The SMILES string of the molecule is C#CCCC1(CCC(=O)NCc2ccccc2CCC(=O)OC)N=N1. The molecule has 1 aliphatic heterocycles. The number of hydrogen-bond donors (Lipinski definition) is 1. The summed E-state index contributed by atoms with van der Waals surface area (Å²) in [6, 6.07) is 7.75.